The zero-order chi connectivity index (χ0) is 20.6. The number of carboxylic acid groups (broad SMARTS) is 1. The number of hydrogen-bond acceptors (Lipinski definition) is 7. The predicted molar refractivity (Wildman–Crippen MR) is 102 cm³/mol. The molecule has 0 radical (unpaired) electrons. The van der Waals surface area contributed by atoms with Crippen LogP contribution < -0.4 is 10.6 Å². The zero-order valence-electron chi connectivity index (χ0n) is 16.6. The van der Waals surface area contributed by atoms with Crippen molar-refractivity contribution in [1.82, 2.24) is 14.9 Å². The minimum atomic E-state index is -0.994. The van der Waals surface area contributed by atoms with Crippen molar-refractivity contribution in [2.75, 3.05) is 17.2 Å². The van der Waals surface area contributed by atoms with E-state index >= 15 is 0 Å². The third-order valence-corrected chi connectivity index (χ3v) is 4.31. The molecule has 2 heterocycles. The maximum absolute atomic E-state index is 11.6. The predicted octanol–water partition coefficient (Wildman–Crippen LogP) is 3.17. The molecule has 1 aliphatic heterocycles. The lowest BCUT2D eigenvalue weighted by Crippen LogP contribution is -2.49. The van der Waals surface area contributed by atoms with E-state index in [1.54, 1.807) is 0 Å². The number of carbonyl (C=O) groups is 1. The summed E-state index contributed by atoms with van der Waals surface area (Å²) in [6.07, 6.45) is 0.711. The van der Waals surface area contributed by atoms with Crippen molar-refractivity contribution in [1.29, 1.82) is 0 Å². The number of nitrogens with zero attached hydrogens (tertiary/aromatic N) is 4. The van der Waals surface area contributed by atoms with Crippen LogP contribution in [0.2, 0.25) is 0 Å². The van der Waals surface area contributed by atoms with Gasteiger partial charge in [-0.3, -0.25) is 10.1 Å². The Kier molecular flexibility index (Phi) is 5.48. The molecule has 27 heavy (non-hydrogen) atoms. The lowest BCUT2D eigenvalue weighted by Gasteiger charge is -2.37. The molecule has 10 nitrogen and oxygen atoms in total. The van der Waals surface area contributed by atoms with Crippen LogP contribution in [0.5, 0.6) is 0 Å². The third-order valence-electron chi connectivity index (χ3n) is 4.31. The fourth-order valence-electron chi connectivity index (χ4n) is 3.42. The molecule has 1 saturated heterocycles. The molecule has 3 N–H and O–H groups in total. The van der Waals surface area contributed by atoms with Crippen molar-refractivity contribution >= 4 is 23.5 Å². The van der Waals surface area contributed by atoms with Crippen molar-refractivity contribution < 1.29 is 14.8 Å². The van der Waals surface area contributed by atoms with Crippen molar-refractivity contribution in [3.8, 4) is 0 Å². The van der Waals surface area contributed by atoms with Gasteiger partial charge in [0, 0.05) is 12.1 Å². The molecule has 2 atom stereocenters. The summed E-state index contributed by atoms with van der Waals surface area (Å²) in [4.78, 5) is 32.2. The summed E-state index contributed by atoms with van der Waals surface area (Å²) in [7, 11) is 0. The standard InChI is InChI=1S/C17H28N6O4/c1-16(2,3)12-10(7-8-22(12)15(24)25)19-13-11(23(26)27)9-18-14(20-13)21-17(4,5)6/h9-10,12H,7-8H2,1-6H3,(H,24,25)(H2,18,19,20,21). The topological polar surface area (TPSA) is 134 Å². The molecule has 0 aliphatic carbocycles. The maximum Gasteiger partial charge on any atom is 0.407 e. The smallest absolute Gasteiger partial charge is 0.407 e. The number of aromatic nitrogens is 2. The number of hydrogen-bond donors (Lipinski definition) is 3. The second-order valence-corrected chi connectivity index (χ2v) is 8.89. The molecule has 0 bridgehead atoms. The second-order valence-electron chi connectivity index (χ2n) is 8.89. The Balaban J connectivity index is 2.37. The summed E-state index contributed by atoms with van der Waals surface area (Å²) >= 11 is 0. The average molecular weight is 380 g/mol. The van der Waals surface area contributed by atoms with Crippen LogP contribution in [0.4, 0.5) is 22.2 Å². The van der Waals surface area contributed by atoms with E-state index in [1.165, 1.54) is 11.1 Å². The van der Waals surface area contributed by atoms with E-state index in [4.69, 9.17) is 0 Å². The highest BCUT2D eigenvalue weighted by atomic mass is 16.6. The SMILES string of the molecule is CC(C)(C)Nc1ncc([N+](=O)[O-])c(NC2CCN(C(=O)O)C2C(C)(C)C)n1. The number of nitrogens with one attached hydrogen (secondary N) is 2. The zero-order valence-corrected chi connectivity index (χ0v) is 16.6. The van der Waals surface area contributed by atoms with Gasteiger partial charge in [-0.2, -0.15) is 4.98 Å². The Hall–Kier alpha value is -2.65. The Morgan fingerprint density at radius 2 is 1.96 bits per heavy atom. The van der Waals surface area contributed by atoms with E-state index in [2.05, 4.69) is 20.6 Å². The summed E-state index contributed by atoms with van der Waals surface area (Å²) in [5.41, 5.74) is -0.897. The fraction of sp³-hybridized carbons (Fsp3) is 0.706. The van der Waals surface area contributed by atoms with Gasteiger partial charge in [0.1, 0.15) is 6.20 Å². The average Bonchev–Trinajstić information content (AvgIpc) is 2.89. The molecular formula is C17H28N6O4. The molecule has 0 aromatic carbocycles. The molecule has 1 aromatic heterocycles. The second kappa shape index (κ2) is 7.16. The summed E-state index contributed by atoms with van der Waals surface area (Å²) in [6.45, 7) is 12.0. The third kappa shape index (κ3) is 4.95. The molecule has 1 amide bonds. The molecule has 2 rings (SSSR count). The van der Waals surface area contributed by atoms with Crippen LogP contribution in [0, 0.1) is 15.5 Å². The van der Waals surface area contributed by atoms with Crippen LogP contribution in [-0.2, 0) is 0 Å². The first kappa shape index (κ1) is 20.7. The first-order chi connectivity index (χ1) is 12.3. The van der Waals surface area contributed by atoms with Crippen LogP contribution >= 0.6 is 0 Å². The number of amides is 1. The van der Waals surface area contributed by atoms with E-state index in [0.29, 0.717) is 13.0 Å². The Bertz CT molecular complexity index is 725. The molecule has 1 fully saturated rings. The van der Waals surface area contributed by atoms with Gasteiger partial charge in [0.05, 0.1) is 17.0 Å². The van der Waals surface area contributed by atoms with Crippen molar-refractivity contribution in [2.45, 2.75) is 65.6 Å². The van der Waals surface area contributed by atoms with Gasteiger partial charge >= 0.3 is 11.8 Å². The summed E-state index contributed by atoms with van der Waals surface area (Å²) in [5, 5.41) is 27.1. The summed E-state index contributed by atoms with van der Waals surface area (Å²) in [5.74, 6) is 0.365. The van der Waals surface area contributed by atoms with E-state index in [-0.39, 0.29) is 40.5 Å². The lowest BCUT2D eigenvalue weighted by molar-refractivity contribution is -0.384. The quantitative estimate of drug-likeness (QED) is 0.536. The summed E-state index contributed by atoms with van der Waals surface area (Å²) < 4.78 is 0. The molecular weight excluding hydrogens is 352 g/mol. The van der Waals surface area contributed by atoms with Gasteiger partial charge < -0.3 is 20.6 Å². The van der Waals surface area contributed by atoms with Crippen LogP contribution in [0.3, 0.4) is 0 Å². The van der Waals surface area contributed by atoms with Crippen LogP contribution in [-0.4, -0.2) is 55.2 Å². The Labute approximate surface area is 158 Å². The van der Waals surface area contributed by atoms with Gasteiger partial charge in [0.25, 0.3) is 0 Å². The molecule has 10 heteroatoms. The van der Waals surface area contributed by atoms with Crippen LogP contribution in [0.1, 0.15) is 48.0 Å². The van der Waals surface area contributed by atoms with Gasteiger partial charge in [-0.15, -0.1) is 0 Å². The Morgan fingerprint density at radius 1 is 1.33 bits per heavy atom. The van der Waals surface area contributed by atoms with E-state index < -0.39 is 11.0 Å². The van der Waals surface area contributed by atoms with Crippen molar-refractivity contribution in [3.05, 3.63) is 16.3 Å². The number of rotatable bonds is 4. The minimum absolute atomic E-state index is 0.0910. The molecule has 1 aromatic rings. The highest BCUT2D eigenvalue weighted by Gasteiger charge is 2.44. The minimum Gasteiger partial charge on any atom is -0.465 e. The van der Waals surface area contributed by atoms with E-state index in [9.17, 15) is 20.0 Å². The van der Waals surface area contributed by atoms with Gasteiger partial charge in [0.2, 0.25) is 11.8 Å². The van der Waals surface area contributed by atoms with Gasteiger partial charge in [-0.1, -0.05) is 20.8 Å². The first-order valence-corrected chi connectivity index (χ1v) is 8.85. The first-order valence-electron chi connectivity index (χ1n) is 8.85. The monoisotopic (exact) mass is 380 g/mol. The highest BCUT2D eigenvalue weighted by molar-refractivity contribution is 5.67. The fourth-order valence-corrected chi connectivity index (χ4v) is 3.42. The van der Waals surface area contributed by atoms with E-state index in [0.717, 1.165) is 0 Å². The molecule has 0 saturated carbocycles. The van der Waals surface area contributed by atoms with Crippen molar-refractivity contribution in [3.63, 3.8) is 0 Å². The molecule has 2 unspecified atom stereocenters. The van der Waals surface area contributed by atoms with Crippen LogP contribution in [0.25, 0.3) is 0 Å². The van der Waals surface area contributed by atoms with Gasteiger partial charge in [-0.05, 0) is 32.6 Å². The molecule has 150 valence electrons. The van der Waals surface area contributed by atoms with Crippen molar-refractivity contribution in [2.24, 2.45) is 5.41 Å². The number of likely N-dealkylation sites (tertiary alicyclic amines) is 1. The summed E-state index contributed by atoms with van der Waals surface area (Å²) in [6, 6.07) is -0.638. The maximum atomic E-state index is 11.6. The van der Waals surface area contributed by atoms with Crippen LogP contribution in [0.15, 0.2) is 6.20 Å². The van der Waals surface area contributed by atoms with E-state index in [1.807, 2.05) is 41.5 Å². The van der Waals surface area contributed by atoms with Gasteiger partial charge in [0.15, 0.2) is 0 Å². The molecule has 0 spiro atoms. The normalized spacial score (nSPS) is 20.4. The molecule has 1 aliphatic rings. The number of anilines is 2. The highest BCUT2D eigenvalue weighted by Crippen LogP contribution is 2.36. The Morgan fingerprint density at radius 3 is 2.44 bits per heavy atom. The lowest BCUT2D eigenvalue weighted by atomic mass is 9.82. The van der Waals surface area contributed by atoms with Gasteiger partial charge in [-0.25, -0.2) is 9.78 Å². The largest absolute Gasteiger partial charge is 0.465 e. The number of nitro groups is 1.